The molecule has 4 unspecified atom stereocenters. The molecule has 1 heterocycles. The number of nitrogens with one attached hydrogen (secondary N) is 1. The highest BCUT2D eigenvalue weighted by Crippen LogP contribution is 2.65. The summed E-state index contributed by atoms with van der Waals surface area (Å²) in [7, 11) is 1.69. The molecule has 3 saturated carbocycles. The first-order valence-electron chi connectivity index (χ1n) is 7.09. The number of aromatic nitrogens is 1. The van der Waals surface area contributed by atoms with Crippen molar-refractivity contribution in [2.24, 2.45) is 23.7 Å². The summed E-state index contributed by atoms with van der Waals surface area (Å²) in [4.78, 5) is 4.25. The molecule has 0 saturated heterocycles. The summed E-state index contributed by atoms with van der Waals surface area (Å²) in [6.45, 7) is 0.897. The molecule has 18 heavy (non-hydrogen) atoms. The molecule has 3 aliphatic rings. The quantitative estimate of drug-likeness (QED) is 0.882. The molecule has 3 heteroatoms. The summed E-state index contributed by atoms with van der Waals surface area (Å²) in [5.41, 5.74) is 1.18. The van der Waals surface area contributed by atoms with Crippen LogP contribution in [0.1, 0.15) is 24.8 Å². The van der Waals surface area contributed by atoms with Gasteiger partial charge in [-0.2, -0.15) is 0 Å². The Balaban J connectivity index is 1.40. The summed E-state index contributed by atoms with van der Waals surface area (Å²) in [5, 5.41) is 3.73. The second-order valence-electron chi connectivity index (χ2n) is 6.07. The largest absolute Gasteiger partial charge is 0.481 e. The van der Waals surface area contributed by atoms with Gasteiger partial charge in [-0.3, -0.25) is 0 Å². The molecule has 3 nitrogen and oxygen atoms in total. The highest BCUT2D eigenvalue weighted by atomic mass is 16.5. The van der Waals surface area contributed by atoms with Gasteiger partial charge >= 0.3 is 0 Å². The Labute approximate surface area is 108 Å². The van der Waals surface area contributed by atoms with Gasteiger partial charge in [0.15, 0.2) is 0 Å². The average molecular weight is 244 g/mol. The second-order valence-corrected chi connectivity index (χ2v) is 6.07. The molecule has 0 aliphatic heterocycles. The fraction of sp³-hybridized carbons (Fsp3) is 0.667. The normalized spacial score (nSPS) is 39.7. The summed E-state index contributed by atoms with van der Waals surface area (Å²) in [5.74, 6) is 4.82. The van der Waals surface area contributed by atoms with Crippen LogP contribution in [0, 0.1) is 23.7 Å². The number of fused-ring (bicyclic) bond motifs is 5. The van der Waals surface area contributed by atoms with E-state index in [9.17, 15) is 0 Å². The number of hydrogen-bond acceptors (Lipinski definition) is 3. The van der Waals surface area contributed by atoms with Gasteiger partial charge in [0.05, 0.1) is 7.11 Å². The van der Waals surface area contributed by atoms with Gasteiger partial charge in [0.1, 0.15) is 0 Å². The van der Waals surface area contributed by atoms with E-state index >= 15 is 0 Å². The Morgan fingerprint density at radius 1 is 1.33 bits per heavy atom. The second kappa shape index (κ2) is 3.95. The van der Waals surface area contributed by atoms with Crippen LogP contribution in [0.25, 0.3) is 0 Å². The molecule has 4 atom stereocenters. The third kappa shape index (κ3) is 1.50. The summed E-state index contributed by atoms with van der Waals surface area (Å²) in [6, 6.07) is 4.86. The Kier molecular flexibility index (Phi) is 2.37. The monoisotopic (exact) mass is 244 g/mol. The Morgan fingerprint density at radius 2 is 2.11 bits per heavy atom. The fourth-order valence-corrected chi connectivity index (χ4v) is 4.57. The minimum Gasteiger partial charge on any atom is -0.481 e. The van der Waals surface area contributed by atoms with E-state index in [2.05, 4.69) is 16.4 Å². The van der Waals surface area contributed by atoms with E-state index in [4.69, 9.17) is 4.74 Å². The van der Waals surface area contributed by atoms with Crippen molar-refractivity contribution in [2.45, 2.75) is 31.8 Å². The van der Waals surface area contributed by atoms with E-state index in [1.54, 1.807) is 13.3 Å². The summed E-state index contributed by atoms with van der Waals surface area (Å²) in [6.07, 6.45) is 6.28. The first kappa shape index (κ1) is 10.8. The van der Waals surface area contributed by atoms with Gasteiger partial charge in [-0.1, -0.05) is 6.07 Å². The Hall–Kier alpha value is -1.09. The topological polar surface area (TPSA) is 34.1 Å². The molecular weight excluding hydrogens is 224 g/mol. The van der Waals surface area contributed by atoms with Crippen LogP contribution < -0.4 is 10.1 Å². The van der Waals surface area contributed by atoms with Crippen molar-refractivity contribution in [2.75, 3.05) is 7.11 Å². The lowest BCUT2D eigenvalue weighted by atomic mass is 10.0. The minimum absolute atomic E-state index is 0.763. The van der Waals surface area contributed by atoms with Crippen molar-refractivity contribution >= 4 is 0 Å². The first-order valence-corrected chi connectivity index (χ1v) is 7.09. The number of pyridine rings is 1. The maximum atomic E-state index is 5.30. The molecule has 0 aromatic carbocycles. The van der Waals surface area contributed by atoms with Crippen LogP contribution >= 0.6 is 0 Å². The van der Waals surface area contributed by atoms with Gasteiger partial charge in [-0.05, 0) is 49.0 Å². The lowest BCUT2D eigenvalue weighted by Crippen LogP contribution is -2.22. The molecule has 0 spiro atoms. The highest BCUT2D eigenvalue weighted by molar-refractivity contribution is 5.26. The number of rotatable bonds is 4. The van der Waals surface area contributed by atoms with Crippen LogP contribution in [-0.2, 0) is 6.54 Å². The van der Waals surface area contributed by atoms with Crippen LogP contribution in [0.15, 0.2) is 18.3 Å². The summed E-state index contributed by atoms with van der Waals surface area (Å²) < 4.78 is 5.30. The average Bonchev–Trinajstić information content (AvgIpc) is 2.80. The van der Waals surface area contributed by atoms with Gasteiger partial charge in [0.25, 0.3) is 0 Å². The molecule has 1 aromatic rings. The van der Waals surface area contributed by atoms with Crippen molar-refractivity contribution in [3.05, 3.63) is 23.9 Å². The highest BCUT2D eigenvalue weighted by Gasteiger charge is 2.64. The van der Waals surface area contributed by atoms with Crippen molar-refractivity contribution in [3.8, 4) is 5.88 Å². The number of methoxy groups -OCH3 is 1. The number of ether oxygens (including phenoxy) is 1. The molecular formula is C15H20N2O. The third-order valence-electron chi connectivity index (χ3n) is 5.31. The molecule has 3 fully saturated rings. The smallest absolute Gasteiger partial charge is 0.217 e. The number of hydrogen-bond donors (Lipinski definition) is 1. The molecule has 3 aliphatic carbocycles. The van der Waals surface area contributed by atoms with Gasteiger partial charge in [0.2, 0.25) is 5.88 Å². The van der Waals surface area contributed by atoms with E-state index in [-0.39, 0.29) is 0 Å². The predicted molar refractivity (Wildman–Crippen MR) is 69.2 cm³/mol. The van der Waals surface area contributed by atoms with E-state index < -0.39 is 0 Å². The van der Waals surface area contributed by atoms with E-state index in [1.807, 2.05) is 6.07 Å². The zero-order valence-electron chi connectivity index (χ0n) is 10.8. The van der Waals surface area contributed by atoms with Crippen molar-refractivity contribution in [1.82, 2.24) is 10.3 Å². The minimum atomic E-state index is 0.763. The maximum Gasteiger partial charge on any atom is 0.217 e. The van der Waals surface area contributed by atoms with Gasteiger partial charge in [-0.25, -0.2) is 4.98 Å². The third-order valence-corrected chi connectivity index (χ3v) is 5.31. The molecule has 96 valence electrons. The lowest BCUT2D eigenvalue weighted by molar-refractivity contribution is 0.388. The molecule has 1 aromatic heterocycles. The zero-order valence-corrected chi connectivity index (χ0v) is 10.8. The van der Waals surface area contributed by atoms with Gasteiger partial charge in [-0.15, -0.1) is 0 Å². The van der Waals surface area contributed by atoms with Crippen molar-refractivity contribution < 1.29 is 4.74 Å². The fourth-order valence-electron chi connectivity index (χ4n) is 4.57. The predicted octanol–water partition coefficient (Wildman–Crippen LogP) is 2.22. The van der Waals surface area contributed by atoms with E-state index in [1.165, 1.54) is 24.8 Å². The standard InChI is InChI=1S/C15H20N2O/c1-18-15-11(3-2-6-16-15)8-17-14-12-9-4-5-10(7-9)13(12)14/h2-3,6,9-10,12-14,17H,4-5,7-8H2,1H3. The SMILES string of the molecule is COc1ncccc1CNC1C2C3CCC(C3)C12. The van der Waals surface area contributed by atoms with Gasteiger partial charge < -0.3 is 10.1 Å². The summed E-state index contributed by atoms with van der Waals surface area (Å²) >= 11 is 0. The Bertz CT molecular complexity index is 446. The van der Waals surface area contributed by atoms with Crippen molar-refractivity contribution in [1.29, 1.82) is 0 Å². The zero-order chi connectivity index (χ0) is 12.1. The van der Waals surface area contributed by atoms with Crippen LogP contribution in [-0.4, -0.2) is 18.1 Å². The van der Waals surface area contributed by atoms with Crippen LogP contribution in [0.4, 0.5) is 0 Å². The molecule has 4 rings (SSSR count). The van der Waals surface area contributed by atoms with Crippen LogP contribution in [0.2, 0.25) is 0 Å². The van der Waals surface area contributed by atoms with Crippen LogP contribution in [0.5, 0.6) is 5.88 Å². The molecule has 2 bridgehead atoms. The van der Waals surface area contributed by atoms with Crippen molar-refractivity contribution in [3.63, 3.8) is 0 Å². The molecule has 1 N–H and O–H groups in total. The van der Waals surface area contributed by atoms with Gasteiger partial charge in [0, 0.05) is 24.3 Å². The van der Waals surface area contributed by atoms with E-state index in [0.29, 0.717) is 0 Å². The number of nitrogens with zero attached hydrogens (tertiary/aromatic N) is 1. The van der Waals surface area contributed by atoms with E-state index in [0.717, 1.165) is 42.1 Å². The maximum absolute atomic E-state index is 5.30. The van der Waals surface area contributed by atoms with Crippen LogP contribution in [0.3, 0.4) is 0 Å². The first-order chi connectivity index (χ1) is 8.88. The Morgan fingerprint density at radius 3 is 2.83 bits per heavy atom. The molecule has 0 amide bonds. The lowest BCUT2D eigenvalue weighted by Gasteiger charge is -2.11. The molecule has 0 radical (unpaired) electrons.